The van der Waals surface area contributed by atoms with Crippen molar-refractivity contribution in [1.29, 1.82) is 0 Å². The van der Waals surface area contributed by atoms with Crippen LogP contribution in [0.3, 0.4) is 0 Å². The largest absolute Gasteiger partial charge is 0.457 e. The third-order valence-electron chi connectivity index (χ3n) is 5.91. The molecule has 0 saturated heterocycles. The first-order valence-corrected chi connectivity index (χ1v) is 11.4. The number of benzene rings is 3. The molecule has 6 aromatic rings. The van der Waals surface area contributed by atoms with E-state index in [1.807, 2.05) is 97.5 Å². The van der Waals surface area contributed by atoms with E-state index < -0.39 is 0 Å². The normalized spacial score (nSPS) is 10.9. The zero-order valence-electron chi connectivity index (χ0n) is 19.1. The minimum absolute atomic E-state index is 0.181. The molecule has 6 rings (SSSR count). The van der Waals surface area contributed by atoms with Crippen molar-refractivity contribution in [3.8, 4) is 33.8 Å². The highest BCUT2D eigenvalue weighted by Crippen LogP contribution is 2.30. The fourth-order valence-corrected chi connectivity index (χ4v) is 4.05. The van der Waals surface area contributed by atoms with Crippen LogP contribution in [0.25, 0.3) is 33.3 Å². The van der Waals surface area contributed by atoms with Gasteiger partial charge in [-0.25, -0.2) is 4.98 Å². The molecule has 0 aliphatic carbocycles. The van der Waals surface area contributed by atoms with Crippen molar-refractivity contribution in [2.24, 2.45) is 0 Å². The molecular formula is C29H21N5O2. The molecule has 0 radical (unpaired) electrons. The van der Waals surface area contributed by atoms with E-state index in [1.165, 1.54) is 0 Å². The lowest BCUT2D eigenvalue weighted by Gasteiger charge is -2.09. The fourth-order valence-electron chi connectivity index (χ4n) is 4.05. The summed E-state index contributed by atoms with van der Waals surface area (Å²) in [5.74, 6) is 1.28. The molecular weight excluding hydrogens is 450 g/mol. The van der Waals surface area contributed by atoms with E-state index in [0.29, 0.717) is 17.0 Å². The van der Waals surface area contributed by atoms with Crippen molar-refractivity contribution >= 4 is 22.6 Å². The van der Waals surface area contributed by atoms with E-state index in [1.54, 1.807) is 6.20 Å². The Kier molecular flexibility index (Phi) is 5.48. The van der Waals surface area contributed by atoms with Crippen LogP contribution in [-0.2, 0) is 0 Å². The predicted octanol–water partition coefficient (Wildman–Crippen LogP) is 6.66. The number of ether oxygens (including phenoxy) is 1. The zero-order chi connectivity index (χ0) is 24.3. The van der Waals surface area contributed by atoms with Gasteiger partial charge < -0.3 is 15.0 Å². The van der Waals surface area contributed by atoms with Crippen LogP contribution >= 0.6 is 0 Å². The topological polar surface area (TPSA) is 95.7 Å². The number of nitrogens with one attached hydrogen (secondary N) is 3. The van der Waals surface area contributed by atoms with E-state index in [-0.39, 0.29) is 5.91 Å². The SMILES string of the molecule is O=C(Nc1ccc(Oc2ccccc2)cc1)c1ccc(-c2cnc3[nH]cc(-c4cn[nH]c4)c3c2)cc1. The summed E-state index contributed by atoms with van der Waals surface area (Å²) in [6.07, 6.45) is 7.39. The number of carbonyl (C=O) groups excluding carboxylic acids is 1. The molecule has 3 aromatic heterocycles. The van der Waals surface area contributed by atoms with E-state index in [2.05, 4.69) is 31.5 Å². The Morgan fingerprint density at radius 3 is 2.31 bits per heavy atom. The Bertz CT molecular complexity index is 1620. The van der Waals surface area contributed by atoms with Crippen LogP contribution < -0.4 is 10.1 Å². The number of H-pyrrole nitrogens is 2. The monoisotopic (exact) mass is 471 g/mol. The summed E-state index contributed by atoms with van der Waals surface area (Å²) >= 11 is 0. The summed E-state index contributed by atoms with van der Waals surface area (Å²) in [6.45, 7) is 0. The number of carbonyl (C=O) groups is 1. The van der Waals surface area contributed by atoms with Crippen LogP contribution in [0, 0.1) is 0 Å². The van der Waals surface area contributed by atoms with Crippen LogP contribution in [0.15, 0.2) is 110 Å². The molecule has 7 heteroatoms. The van der Waals surface area contributed by atoms with Crippen LogP contribution in [0.5, 0.6) is 11.5 Å². The molecule has 0 fully saturated rings. The van der Waals surface area contributed by atoms with E-state index >= 15 is 0 Å². The molecule has 0 aliphatic heterocycles. The molecule has 0 bridgehead atoms. The van der Waals surface area contributed by atoms with Gasteiger partial charge in [-0.1, -0.05) is 30.3 Å². The second-order valence-corrected chi connectivity index (χ2v) is 8.28. The van der Waals surface area contributed by atoms with Gasteiger partial charge in [-0.05, 0) is 60.2 Å². The number of nitrogens with zero attached hydrogens (tertiary/aromatic N) is 2. The highest BCUT2D eigenvalue weighted by molar-refractivity contribution is 6.04. The lowest BCUT2D eigenvalue weighted by molar-refractivity contribution is 0.102. The number of hydrogen-bond donors (Lipinski definition) is 3. The van der Waals surface area contributed by atoms with Gasteiger partial charge in [0.05, 0.1) is 6.20 Å². The lowest BCUT2D eigenvalue weighted by atomic mass is 10.0. The first-order chi connectivity index (χ1) is 17.7. The van der Waals surface area contributed by atoms with E-state index in [0.717, 1.165) is 39.0 Å². The molecule has 3 heterocycles. The molecule has 1 amide bonds. The number of aromatic amines is 2. The number of hydrogen-bond acceptors (Lipinski definition) is 4. The van der Waals surface area contributed by atoms with Gasteiger partial charge in [-0.2, -0.15) is 5.10 Å². The van der Waals surface area contributed by atoms with Crippen LogP contribution in [-0.4, -0.2) is 26.1 Å². The minimum atomic E-state index is -0.181. The minimum Gasteiger partial charge on any atom is -0.457 e. The van der Waals surface area contributed by atoms with Crippen LogP contribution in [0.2, 0.25) is 0 Å². The van der Waals surface area contributed by atoms with E-state index in [9.17, 15) is 4.79 Å². The summed E-state index contributed by atoms with van der Waals surface area (Å²) in [5, 5.41) is 10.8. The summed E-state index contributed by atoms with van der Waals surface area (Å²) in [6, 6.07) is 26.4. The van der Waals surface area contributed by atoms with Gasteiger partial charge in [0, 0.05) is 51.9 Å². The fraction of sp³-hybridized carbons (Fsp3) is 0. The third-order valence-corrected chi connectivity index (χ3v) is 5.91. The second kappa shape index (κ2) is 9.23. The number of rotatable bonds is 6. The number of pyridine rings is 1. The van der Waals surface area contributed by atoms with Gasteiger partial charge in [0.15, 0.2) is 0 Å². The van der Waals surface area contributed by atoms with Crippen LogP contribution in [0.4, 0.5) is 5.69 Å². The molecule has 36 heavy (non-hydrogen) atoms. The average Bonchev–Trinajstić information content (AvgIpc) is 3.60. The quantitative estimate of drug-likeness (QED) is 0.253. The molecule has 0 atom stereocenters. The van der Waals surface area contributed by atoms with Gasteiger partial charge in [0.25, 0.3) is 5.91 Å². The maximum Gasteiger partial charge on any atom is 0.255 e. The Morgan fingerprint density at radius 2 is 1.56 bits per heavy atom. The molecule has 3 aromatic carbocycles. The van der Waals surface area contributed by atoms with Gasteiger partial charge in [0.2, 0.25) is 0 Å². The molecule has 3 N–H and O–H groups in total. The first kappa shape index (κ1) is 21.4. The Labute approximate surface area is 206 Å². The Morgan fingerprint density at radius 1 is 0.778 bits per heavy atom. The summed E-state index contributed by atoms with van der Waals surface area (Å²) < 4.78 is 5.80. The zero-order valence-corrected chi connectivity index (χ0v) is 19.1. The summed E-state index contributed by atoms with van der Waals surface area (Å²) in [7, 11) is 0. The summed E-state index contributed by atoms with van der Waals surface area (Å²) in [4.78, 5) is 20.5. The van der Waals surface area contributed by atoms with Gasteiger partial charge in [0.1, 0.15) is 17.1 Å². The highest BCUT2D eigenvalue weighted by atomic mass is 16.5. The summed E-state index contributed by atoms with van der Waals surface area (Å²) in [5.41, 5.74) is 6.04. The number of para-hydroxylation sites is 1. The second-order valence-electron chi connectivity index (χ2n) is 8.28. The van der Waals surface area contributed by atoms with Crippen molar-refractivity contribution in [2.75, 3.05) is 5.32 Å². The van der Waals surface area contributed by atoms with Crippen molar-refractivity contribution < 1.29 is 9.53 Å². The van der Waals surface area contributed by atoms with Crippen molar-refractivity contribution in [1.82, 2.24) is 20.2 Å². The van der Waals surface area contributed by atoms with Gasteiger partial charge in [-0.3, -0.25) is 9.89 Å². The van der Waals surface area contributed by atoms with Crippen LogP contribution in [0.1, 0.15) is 10.4 Å². The van der Waals surface area contributed by atoms with E-state index in [4.69, 9.17) is 4.74 Å². The molecule has 0 saturated carbocycles. The van der Waals surface area contributed by atoms with Gasteiger partial charge in [-0.15, -0.1) is 0 Å². The lowest BCUT2D eigenvalue weighted by Crippen LogP contribution is -2.11. The van der Waals surface area contributed by atoms with Crippen molar-refractivity contribution in [3.05, 3.63) is 115 Å². The van der Waals surface area contributed by atoms with Crippen molar-refractivity contribution in [2.45, 2.75) is 0 Å². The number of fused-ring (bicyclic) bond motifs is 1. The third kappa shape index (κ3) is 4.33. The maximum absolute atomic E-state index is 12.8. The number of amides is 1. The average molecular weight is 472 g/mol. The number of anilines is 1. The first-order valence-electron chi connectivity index (χ1n) is 11.4. The molecule has 0 unspecified atom stereocenters. The Hall–Kier alpha value is -5.17. The standard InChI is InChI=1S/C29H21N5O2/c35-29(34-23-10-12-25(13-11-23)36-24-4-2-1-3-5-24)20-8-6-19(7-9-20)21-14-26-27(22-16-32-33-17-22)18-31-28(26)30-15-21/h1-18H,(H,30,31)(H,32,33)(H,34,35). The smallest absolute Gasteiger partial charge is 0.255 e. The Balaban J connectivity index is 1.16. The molecule has 0 spiro atoms. The van der Waals surface area contributed by atoms with Gasteiger partial charge >= 0.3 is 0 Å². The molecule has 0 aliphatic rings. The maximum atomic E-state index is 12.8. The molecule has 174 valence electrons. The molecule has 7 nitrogen and oxygen atoms in total. The predicted molar refractivity (Wildman–Crippen MR) is 140 cm³/mol. The highest BCUT2D eigenvalue weighted by Gasteiger charge is 2.11. The number of aromatic nitrogens is 4. The van der Waals surface area contributed by atoms with Crippen molar-refractivity contribution in [3.63, 3.8) is 0 Å².